The smallest absolute Gasteiger partial charge is 0.329 e. The number of aromatic amines is 1. The van der Waals surface area contributed by atoms with Gasteiger partial charge in [0.15, 0.2) is 0 Å². The van der Waals surface area contributed by atoms with E-state index in [0.717, 1.165) is 0 Å². The summed E-state index contributed by atoms with van der Waals surface area (Å²) in [5.74, 6) is 1.28. The highest BCUT2D eigenvalue weighted by Gasteiger charge is 2.35. The van der Waals surface area contributed by atoms with Gasteiger partial charge in [0, 0.05) is 13.5 Å². The first-order valence-corrected chi connectivity index (χ1v) is 6.24. The van der Waals surface area contributed by atoms with Crippen molar-refractivity contribution in [2.75, 3.05) is 19.0 Å². The molecule has 1 aromatic heterocycles. The largest absolute Gasteiger partial charge is 0.390 e. The maximum absolute atomic E-state index is 12.1. The molecule has 0 aromatic carbocycles. The van der Waals surface area contributed by atoms with E-state index in [4.69, 9.17) is 4.74 Å². The number of hydrogen-bond donors (Lipinski definition) is 4. The van der Waals surface area contributed by atoms with Crippen molar-refractivity contribution in [1.29, 1.82) is 0 Å². The molecule has 1 saturated heterocycles. The molecule has 0 radical (unpaired) electrons. The molecule has 0 bridgehead atoms. The van der Waals surface area contributed by atoms with Crippen LogP contribution in [0.1, 0.15) is 25.3 Å². The van der Waals surface area contributed by atoms with Crippen molar-refractivity contribution in [1.82, 2.24) is 14.9 Å². The summed E-state index contributed by atoms with van der Waals surface area (Å²) < 4.78 is 7.13. The van der Waals surface area contributed by atoms with E-state index >= 15 is 0 Å². The van der Waals surface area contributed by atoms with Gasteiger partial charge in [-0.2, -0.15) is 0 Å². The van der Waals surface area contributed by atoms with Crippen LogP contribution in [-0.2, 0) is 4.74 Å². The zero-order chi connectivity index (χ0) is 13.6. The molecule has 0 saturated carbocycles. The van der Waals surface area contributed by atoms with Gasteiger partial charge in [-0.15, -0.1) is 0 Å². The molecule has 8 heteroatoms. The fourth-order valence-corrected chi connectivity index (χ4v) is 2.52. The molecule has 2 aliphatic heterocycles. The van der Waals surface area contributed by atoms with Crippen LogP contribution >= 0.6 is 0 Å². The number of rotatable bonds is 1. The summed E-state index contributed by atoms with van der Waals surface area (Å²) >= 11 is 0. The Morgan fingerprint density at radius 1 is 1.47 bits per heavy atom. The average Bonchev–Trinajstić information content (AvgIpc) is 2.88. The van der Waals surface area contributed by atoms with Crippen molar-refractivity contribution < 1.29 is 9.84 Å². The number of nitrogens with zero attached hydrogens (tertiary/aromatic N) is 2. The molecule has 0 spiro atoms. The van der Waals surface area contributed by atoms with Crippen LogP contribution < -0.4 is 16.3 Å². The fourth-order valence-electron chi connectivity index (χ4n) is 2.52. The third-order valence-electron chi connectivity index (χ3n) is 3.55. The molecule has 4 N–H and O–H groups in total. The van der Waals surface area contributed by atoms with Gasteiger partial charge in [0.1, 0.15) is 23.6 Å². The van der Waals surface area contributed by atoms with E-state index in [9.17, 15) is 9.90 Å². The molecule has 104 valence electrons. The number of H-pyrrole nitrogens is 1. The van der Waals surface area contributed by atoms with Gasteiger partial charge in [0.2, 0.25) is 0 Å². The number of imidazole rings is 1. The predicted molar refractivity (Wildman–Crippen MR) is 69.3 cm³/mol. The van der Waals surface area contributed by atoms with Crippen molar-refractivity contribution >= 4 is 11.7 Å². The van der Waals surface area contributed by atoms with Crippen molar-refractivity contribution in [3.8, 4) is 0 Å². The van der Waals surface area contributed by atoms with Crippen molar-refractivity contribution in [3.05, 3.63) is 16.2 Å². The first-order valence-electron chi connectivity index (χ1n) is 6.24. The van der Waals surface area contributed by atoms with Gasteiger partial charge >= 0.3 is 5.69 Å². The Bertz CT molecular complexity index is 565. The Morgan fingerprint density at radius 2 is 2.26 bits per heavy atom. The van der Waals surface area contributed by atoms with Crippen LogP contribution in [0, 0.1) is 0 Å². The number of aliphatic hydroxyl groups excluding tert-OH is 1. The van der Waals surface area contributed by atoms with Crippen LogP contribution in [0.2, 0.25) is 0 Å². The maximum atomic E-state index is 12.1. The molecule has 1 fully saturated rings. The maximum Gasteiger partial charge on any atom is 0.329 e. The first-order chi connectivity index (χ1) is 9.11. The van der Waals surface area contributed by atoms with Crippen molar-refractivity contribution in [3.63, 3.8) is 0 Å². The number of fused-ring (bicyclic) bond motifs is 1. The van der Waals surface area contributed by atoms with Crippen molar-refractivity contribution in [2.24, 2.45) is 4.99 Å². The third kappa shape index (κ3) is 1.83. The Morgan fingerprint density at radius 3 is 2.89 bits per heavy atom. The topological polar surface area (TPSA) is 104 Å². The van der Waals surface area contributed by atoms with Gasteiger partial charge in [-0.05, 0) is 6.92 Å². The summed E-state index contributed by atoms with van der Waals surface area (Å²) in [6.45, 7) is 2.28. The van der Waals surface area contributed by atoms with E-state index in [1.54, 1.807) is 14.0 Å². The van der Waals surface area contributed by atoms with Gasteiger partial charge < -0.3 is 25.5 Å². The summed E-state index contributed by atoms with van der Waals surface area (Å²) in [6.07, 6.45) is -0.882. The van der Waals surface area contributed by atoms with E-state index in [-0.39, 0.29) is 11.8 Å². The molecule has 1 aromatic rings. The molecule has 3 heterocycles. The van der Waals surface area contributed by atoms with Gasteiger partial charge in [0.25, 0.3) is 0 Å². The van der Waals surface area contributed by atoms with Crippen LogP contribution in [0.3, 0.4) is 0 Å². The predicted octanol–water partition coefficient (Wildman–Crippen LogP) is -0.806. The minimum absolute atomic E-state index is 0.270. The molecule has 0 aliphatic carbocycles. The number of aliphatic hydroxyl groups is 1. The van der Waals surface area contributed by atoms with E-state index < -0.39 is 12.3 Å². The van der Waals surface area contributed by atoms with Crippen LogP contribution in [0.5, 0.6) is 0 Å². The molecule has 3 atom stereocenters. The molecule has 0 unspecified atom stereocenters. The lowest BCUT2D eigenvalue weighted by molar-refractivity contribution is -0.00841. The molecular weight excluding hydrogens is 250 g/mol. The lowest BCUT2D eigenvalue weighted by Gasteiger charge is -2.21. The van der Waals surface area contributed by atoms with Crippen LogP contribution in [0.4, 0.5) is 5.82 Å². The number of nitrogens with one attached hydrogen (secondary N) is 3. The lowest BCUT2D eigenvalue weighted by atomic mass is 10.2. The highest BCUT2D eigenvalue weighted by molar-refractivity contribution is 6.02. The quantitative estimate of drug-likeness (QED) is 0.533. The summed E-state index contributed by atoms with van der Waals surface area (Å²) in [6, 6.07) is 0. The third-order valence-corrected chi connectivity index (χ3v) is 3.55. The van der Waals surface area contributed by atoms with E-state index in [1.807, 2.05) is 0 Å². The monoisotopic (exact) mass is 267 g/mol. The van der Waals surface area contributed by atoms with E-state index in [2.05, 4.69) is 20.6 Å². The van der Waals surface area contributed by atoms with Gasteiger partial charge in [0.05, 0.1) is 18.9 Å². The molecule has 8 nitrogen and oxygen atoms in total. The normalized spacial score (nSPS) is 31.9. The van der Waals surface area contributed by atoms with E-state index in [0.29, 0.717) is 30.4 Å². The minimum Gasteiger partial charge on any atom is -0.390 e. The fraction of sp³-hybridized carbons (Fsp3) is 0.636. The Hall–Kier alpha value is -1.80. The van der Waals surface area contributed by atoms with Gasteiger partial charge in [-0.25, -0.2) is 4.79 Å². The first kappa shape index (κ1) is 12.2. The minimum atomic E-state index is -0.552. The van der Waals surface area contributed by atoms with Crippen LogP contribution in [0.15, 0.2) is 9.79 Å². The number of amidine groups is 1. The summed E-state index contributed by atoms with van der Waals surface area (Å²) in [5, 5.41) is 15.9. The van der Waals surface area contributed by atoms with Gasteiger partial charge in [-0.3, -0.25) is 9.56 Å². The second-order valence-corrected chi connectivity index (χ2v) is 4.73. The number of aliphatic imine (C=N–C) groups is 1. The second kappa shape index (κ2) is 4.39. The lowest BCUT2D eigenvalue weighted by Crippen LogP contribution is -2.36. The molecule has 19 heavy (non-hydrogen) atoms. The summed E-state index contributed by atoms with van der Waals surface area (Å²) in [5.41, 5.74) is 0.352. The number of anilines is 1. The number of ether oxygens (including phenoxy) is 1. The SMILES string of the molecule is CN=C1NCNc2c1[nH]c(=O)n2[C@H]1C[C@H](O)[C@@H](C)O1. The molecule has 0 amide bonds. The summed E-state index contributed by atoms with van der Waals surface area (Å²) in [7, 11) is 1.66. The van der Waals surface area contributed by atoms with Crippen molar-refractivity contribution in [2.45, 2.75) is 31.8 Å². The zero-order valence-corrected chi connectivity index (χ0v) is 10.8. The molecule has 3 rings (SSSR count). The zero-order valence-electron chi connectivity index (χ0n) is 10.8. The Kier molecular flexibility index (Phi) is 2.83. The highest BCUT2D eigenvalue weighted by atomic mass is 16.5. The Balaban J connectivity index is 2.04. The Labute approximate surface area is 109 Å². The summed E-state index contributed by atoms with van der Waals surface area (Å²) in [4.78, 5) is 18.9. The number of hydrogen-bond acceptors (Lipinski definition) is 5. The molecule has 2 aliphatic rings. The molecular formula is C11H17N5O3. The highest BCUT2D eigenvalue weighted by Crippen LogP contribution is 2.31. The van der Waals surface area contributed by atoms with Crippen LogP contribution in [0.25, 0.3) is 0 Å². The standard InChI is InChI=1S/C11H17N5O3/c1-5-6(17)3-7(19-5)16-10-8(15-11(16)18)9(12-2)13-4-14-10/h5-7,14,17H,3-4H2,1-2H3,(H,12,13)(H,15,18)/t5-,6+,7-/m1/s1. The van der Waals surface area contributed by atoms with Gasteiger partial charge in [-0.1, -0.05) is 0 Å². The second-order valence-electron chi connectivity index (χ2n) is 4.73. The van der Waals surface area contributed by atoms with E-state index in [1.165, 1.54) is 4.57 Å². The van der Waals surface area contributed by atoms with Crippen LogP contribution in [-0.4, -0.2) is 46.4 Å². The number of aromatic nitrogens is 2. The average molecular weight is 267 g/mol.